The summed E-state index contributed by atoms with van der Waals surface area (Å²) in [6, 6.07) is 6.48. The Kier molecular flexibility index (Phi) is 2.83. The van der Waals surface area contributed by atoms with E-state index in [0.717, 1.165) is 19.4 Å². The topological polar surface area (TPSA) is 61.4 Å². The summed E-state index contributed by atoms with van der Waals surface area (Å²) in [7, 11) is 0. The zero-order valence-electron chi connectivity index (χ0n) is 9.29. The lowest BCUT2D eigenvalue weighted by Crippen LogP contribution is -2.47. The Labute approximate surface area is 94.7 Å². The maximum atomic E-state index is 12.0. The first kappa shape index (κ1) is 11.0. The van der Waals surface area contributed by atoms with Gasteiger partial charge in [0.2, 0.25) is 5.91 Å². The molecule has 1 saturated heterocycles. The van der Waals surface area contributed by atoms with Crippen molar-refractivity contribution in [1.29, 1.82) is 0 Å². The molecule has 1 aromatic carbocycles. The first-order chi connectivity index (χ1) is 7.60. The van der Waals surface area contributed by atoms with E-state index in [1.165, 1.54) is 0 Å². The fraction of sp³-hybridized carbons (Fsp3) is 0.417. The van der Waals surface area contributed by atoms with Crippen LogP contribution in [0.2, 0.25) is 0 Å². The van der Waals surface area contributed by atoms with E-state index in [-0.39, 0.29) is 11.7 Å². The molecule has 0 saturated carbocycles. The molecule has 1 amide bonds. The Hall–Kier alpha value is -1.55. The summed E-state index contributed by atoms with van der Waals surface area (Å²) in [6.45, 7) is 2.80. The zero-order chi connectivity index (χ0) is 11.6. The van der Waals surface area contributed by atoms with Gasteiger partial charge in [0.05, 0.1) is 5.54 Å². The molecule has 4 nitrogen and oxygen atoms in total. The second-order valence-corrected chi connectivity index (χ2v) is 4.36. The normalized spacial score (nSPS) is 24.3. The van der Waals surface area contributed by atoms with Crippen LogP contribution in [0.3, 0.4) is 0 Å². The Morgan fingerprint density at radius 3 is 2.69 bits per heavy atom. The van der Waals surface area contributed by atoms with Crippen LogP contribution in [0, 0.1) is 0 Å². The summed E-state index contributed by atoms with van der Waals surface area (Å²) in [5, 5.41) is 15.2. The maximum Gasteiger partial charge on any atom is 0.244 e. The van der Waals surface area contributed by atoms with E-state index < -0.39 is 5.54 Å². The third-order valence-corrected chi connectivity index (χ3v) is 3.00. The molecule has 1 atom stereocenters. The number of phenolic OH excluding ortho intramolecular Hbond substituents is 1. The molecule has 0 aromatic heterocycles. The molecule has 2 rings (SSSR count). The van der Waals surface area contributed by atoms with Gasteiger partial charge in [-0.15, -0.1) is 0 Å². The molecule has 16 heavy (non-hydrogen) atoms. The van der Waals surface area contributed by atoms with Crippen molar-refractivity contribution < 1.29 is 9.90 Å². The highest BCUT2D eigenvalue weighted by Gasteiger charge is 2.35. The molecule has 1 aliphatic heterocycles. The second kappa shape index (κ2) is 4.14. The minimum atomic E-state index is -0.460. The van der Waals surface area contributed by atoms with Crippen LogP contribution in [0.25, 0.3) is 0 Å². The largest absolute Gasteiger partial charge is 0.508 e. The van der Waals surface area contributed by atoms with Gasteiger partial charge in [0.1, 0.15) is 5.75 Å². The summed E-state index contributed by atoms with van der Waals surface area (Å²) >= 11 is 0. The quantitative estimate of drug-likeness (QED) is 0.661. The van der Waals surface area contributed by atoms with Crippen molar-refractivity contribution >= 4 is 11.6 Å². The van der Waals surface area contributed by atoms with Gasteiger partial charge in [-0.2, -0.15) is 0 Å². The summed E-state index contributed by atoms with van der Waals surface area (Å²) < 4.78 is 0. The Bertz CT molecular complexity index is 381. The minimum absolute atomic E-state index is 0.0179. The van der Waals surface area contributed by atoms with Crippen LogP contribution in [0.5, 0.6) is 5.75 Å². The Morgan fingerprint density at radius 1 is 1.44 bits per heavy atom. The van der Waals surface area contributed by atoms with E-state index in [2.05, 4.69) is 10.6 Å². The van der Waals surface area contributed by atoms with Gasteiger partial charge in [-0.05, 0) is 50.6 Å². The molecule has 0 radical (unpaired) electrons. The molecule has 1 aromatic rings. The fourth-order valence-electron chi connectivity index (χ4n) is 1.90. The predicted molar refractivity (Wildman–Crippen MR) is 62.4 cm³/mol. The van der Waals surface area contributed by atoms with Gasteiger partial charge in [0.25, 0.3) is 0 Å². The average Bonchev–Trinajstić information content (AvgIpc) is 2.70. The lowest BCUT2D eigenvalue weighted by Gasteiger charge is -2.23. The van der Waals surface area contributed by atoms with Crippen molar-refractivity contribution in [1.82, 2.24) is 5.32 Å². The minimum Gasteiger partial charge on any atom is -0.508 e. The van der Waals surface area contributed by atoms with Crippen molar-refractivity contribution in [2.75, 3.05) is 11.9 Å². The van der Waals surface area contributed by atoms with Gasteiger partial charge in [-0.25, -0.2) is 0 Å². The van der Waals surface area contributed by atoms with Gasteiger partial charge in [-0.3, -0.25) is 4.79 Å². The number of carbonyl (C=O) groups excluding carboxylic acids is 1. The molecule has 1 aliphatic rings. The summed E-state index contributed by atoms with van der Waals surface area (Å²) in [5.74, 6) is 0.180. The molecular weight excluding hydrogens is 204 g/mol. The number of nitrogens with one attached hydrogen (secondary N) is 2. The smallest absolute Gasteiger partial charge is 0.244 e. The third-order valence-electron chi connectivity index (χ3n) is 3.00. The van der Waals surface area contributed by atoms with Crippen LogP contribution >= 0.6 is 0 Å². The summed E-state index contributed by atoms with van der Waals surface area (Å²) in [6.07, 6.45) is 1.89. The number of anilines is 1. The molecule has 3 N–H and O–H groups in total. The van der Waals surface area contributed by atoms with E-state index in [1.807, 2.05) is 6.92 Å². The van der Waals surface area contributed by atoms with E-state index >= 15 is 0 Å². The van der Waals surface area contributed by atoms with Gasteiger partial charge >= 0.3 is 0 Å². The van der Waals surface area contributed by atoms with Gasteiger partial charge in [0, 0.05) is 5.69 Å². The van der Waals surface area contributed by atoms with Crippen molar-refractivity contribution in [3.8, 4) is 5.75 Å². The number of phenols is 1. The predicted octanol–water partition coefficient (Wildman–Crippen LogP) is 1.47. The van der Waals surface area contributed by atoms with Gasteiger partial charge in [-0.1, -0.05) is 0 Å². The Morgan fingerprint density at radius 2 is 2.12 bits per heavy atom. The first-order valence-electron chi connectivity index (χ1n) is 5.46. The van der Waals surface area contributed by atoms with Gasteiger partial charge in [0.15, 0.2) is 0 Å². The number of aromatic hydroxyl groups is 1. The van der Waals surface area contributed by atoms with Crippen molar-refractivity contribution in [3.63, 3.8) is 0 Å². The lowest BCUT2D eigenvalue weighted by molar-refractivity contribution is -0.121. The molecule has 4 heteroatoms. The first-order valence-corrected chi connectivity index (χ1v) is 5.46. The van der Waals surface area contributed by atoms with Crippen molar-refractivity contribution in [3.05, 3.63) is 24.3 Å². The third kappa shape index (κ3) is 2.17. The summed E-state index contributed by atoms with van der Waals surface area (Å²) in [5.41, 5.74) is 0.246. The standard InChI is InChI=1S/C12H16N2O2/c1-12(7-2-8-13-12)11(16)14-9-3-5-10(15)6-4-9/h3-6,13,15H,2,7-8H2,1H3,(H,14,16). The van der Waals surface area contributed by atoms with Crippen LogP contribution < -0.4 is 10.6 Å². The zero-order valence-corrected chi connectivity index (χ0v) is 9.29. The molecule has 1 heterocycles. The highest BCUT2D eigenvalue weighted by atomic mass is 16.3. The molecule has 0 bridgehead atoms. The van der Waals surface area contributed by atoms with E-state index in [1.54, 1.807) is 24.3 Å². The lowest BCUT2D eigenvalue weighted by atomic mass is 9.99. The number of hydrogen-bond donors (Lipinski definition) is 3. The van der Waals surface area contributed by atoms with E-state index in [0.29, 0.717) is 5.69 Å². The van der Waals surface area contributed by atoms with Crippen LogP contribution in [0.15, 0.2) is 24.3 Å². The molecule has 86 valence electrons. The molecule has 0 spiro atoms. The van der Waals surface area contributed by atoms with Gasteiger partial charge < -0.3 is 15.7 Å². The number of hydrogen-bond acceptors (Lipinski definition) is 3. The highest BCUT2D eigenvalue weighted by molar-refractivity contribution is 5.98. The Balaban J connectivity index is 2.04. The average molecular weight is 220 g/mol. The SMILES string of the molecule is CC1(C(=O)Nc2ccc(O)cc2)CCCN1. The van der Waals surface area contributed by atoms with E-state index in [9.17, 15) is 4.79 Å². The van der Waals surface area contributed by atoms with Crippen molar-refractivity contribution in [2.45, 2.75) is 25.3 Å². The molecule has 1 unspecified atom stereocenters. The number of amides is 1. The fourth-order valence-corrected chi connectivity index (χ4v) is 1.90. The van der Waals surface area contributed by atoms with Crippen LogP contribution in [0.4, 0.5) is 5.69 Å². The van der Waals surface area contributed by atoms with Crippen LogP contribution in [0.1, 0.15) is 19.8 Å². The molecular formula is C12H16N2O2. The summed E-state index contributed by atoms with van der Waals surface area (Å²) in [4.78, 5) is 12.0. The highest BCUT2D eigenvalue weighted by Crippen LogP contribution is 2.21. The van der Waals surface area contributed by atoms with Crippen LogP contribution in [-0.2, 0) is 4.79 Å². The molecule has 0 aliphatic carbocycles. The second-order valence-electron chi connectivity index (χ2n) is 4.36. The number of rotatable bonds is 2. The number of benzene rings is 1. The maximum absolute atomic E-state index is 12.0. The number of carbonyl (C=O) groups is 1. The molecule has 1 fully saturated rings. The van der Waals surface area contributed by atoms with Crippen LogP contribution in [-0.4, -0.2) is 23.1 Å². The monoisotopic (exact) mass is 220 g/mol. The van der Waals surface area contributed by atoms with Crippen molar-refractivity contribution in [2.24, 2.45) is 0 Å². The van der Waals surface area contributed by atoms with E-state index in [4.69, 9.17) is 5.11 Å².